The molecule has 0 bridgehead atoms. The lowest BCUT2D eigenvalue weighted by molar-refractivity contribution is -0.140. The summed E-state index contributed by atoms with van der Waals surface area (Å²) in [5.41, 5.74) is 0. The van der Waals surface area contributed by atoms with Gasteiger partial charge in [-0.2, -0.15) is 0 Å². The van der Waals surface area contributed by atoms with E-state index in [1.165, 1.54) is 7.11 Å². The fourth-order valence-electron chi connectivity index (χ4n) is 1.28. The molecule has 0 rings (SSSR count). The van der Waals surface area contributed by atoms with E-state index in [4.69, 9.17) is 0 Å². The fourth-order valence-corrected chi connectivity index (χ4v) is 1.28. The second-order valence-electron chi connectivity index (χ2n) is 3.76. The Labute approximate surface area is 109 Å². The SMILES string of the molecule is COC(=O)CCC/C=C\C/C=C\C/C=C\CC=O. The number of ether oxygens (including phenoxy) is 1. The predicted octanol–water partition coefficient (Wildman–Crippen LogP) is 3.37. The summed E-state index contributed by atoms with van der Waals surface area (Å²) in [6.07, 6.45) is 17.5. The van der Waals surface area contributed by atoms with Gasteiger partial charge in [-0.05, 0) is 25.7 Å². The van der Waals surface area contributed by atoms with Gasteiger partial charge in [-0.25, -0.2) is 0 Å². The highest BCUT2D eigenvalue weighted by Gasteiger charge is 1.96. The maximum Gasteiger partial charge on any atom is 0.305 e. The summed E-state index contributed by atoms with van der Waals surface area (Å²) >= 11 is 0. The molecule has 0 unspecified atom stereocenters. The fraction of sp³-hybridized carbons (Fsp3) is 0.467. The molecule has 0 fully saturated rings. The summed E-state index contributed by atoms with van der Waals surface area (Å²) in [4.78, 5) is 20.8. The molecule has 0 radical (unpaired) electrons. The number of esters is 1. The maximum atomic E-state index is 10.8. The van der Waals surface area contributed by atoms with Gasteiger partial charge in [-0.1, -0.05) is 36.5 Å². The summed E-state index contributed by atoms with van der Waals surface area (Å²) in [6.45, 7) is 0. The summed E-state index contributed by atoms with van der Waals surface area (Å²) in [5.74, 6) is -0.148. The zero-order valence-corrected chi connectivity index (χ0v) is 11.0. The molecule has 0 aromatic heterocycles. The van der Waals surface area contributed by atoms with Crippen LogP contribution in [0.25, 0.3) is 0 Å². The lowest BCUT2D eigenvalue weighted by atomic mass is 10.2. The highest BCUT2D eigenvalue weighted by Crippen LogP contribution is 1.99. The molecule has 3 nitrogen and oxygen atoms in total. The van der Waals surface area contributed by atoms with Gasteiger partial charge >= 0.3 is 5.97 Å². The van der Waals surface area contributed by atoms with E-state index in [1.54, 1.807) is 0 Å². The topological polar surface area (TPSA) is 43.4 Å². The highest BCUT2D eigenvalue weighted by atomic mass is 16.5. The van der Waals surface area contributed by atoms with E-state index >= 15 is 0 Å². The first kappa shape index (κ1) is 16.4. The molecule has 0 aliphatic carbocycles. The van der Waals surface area contributed by atoms with E-state index in [9.17, 15) is 9.59 Å². The Balaban J connectivity index is 3.39. The third kappa shape index (κ3) is 12.4. The van der Waals surface area contributed by atoms with Crippen LogP contribution in [0.1, 0.15) is 38.5 Å². The molecule has 0 amide bonds. The summed E-state index contributed by atoms with van der Waals surface area (Å²) in [5, 5.41) is 0. The summed E-state index contributed by atoms with van der Waals surface area (Å²) < 4.78 is 4.55. The molecular weight excluding hydrogens is 228 g/mol. The zero-order chi connectivity index (χ0) is 13.5. The quantitative estimate of drug-likeness (QED) is 0.258. The molecule has 3 heteroatoms. The third-order valence-electron chi connectivity index (χ3n) is 2.26. The van der Waals surface area contributed by atoms with Gasteiger partial charge in [0.1, 0.15) is 6.29 Å². The third-order valence-corrected chi connectivity index (χ3v) is 2.26. The van der Waals surface area contributed by atoms with Crippen molar-refractivity contribution < 1.29 is 14.3 Å². The van der Waals surface area contributed by atoms with Crippen LogP contribution in [0.5, 0.6) is 0 Å². The number of allylic oxidation sites excluding steroid dienone is 6. The van der Waals surface area contributed by atoms with Crippen molar-refractivity contribution >= 4 is 12.3 Å². The number of methoxy groups -OCH3 is 1. The molecule has 0 aliphatic heterocycles. The standard InChI is InChI=1S/C15H22O3/c1-18-15(17)13-11-9-7-5-3-2-4-6-8-10-12-14-16/h2,4-5,7-8,10,14H,3,6,9,11-13H2,1H3/b4-2-,7-5-,10-8-. The van der Waals surface area contributed by atoms with Crippen LogP contribution < -0.4 is 0 Å². The summed E-state index contributed by atoms with van der Waals surface area (Å²) in [6, 6.07) is 0. The van der Waals surface area contributed by atoms with Crippen molar-refractivity contribution in [2.24, 2.45) is 0 Å². The van der Waals surface area contributed by atoms with Gasteiger partial charge in [0.2, 0.25) is 0 Å². The van der Waals surface area contributed by atoms with Crippen molar-refractivity contribution in [2.75, 3.05) is 7.11 Å². The number of hydrogen-bond donors (Lipinski definition) is 0. The molecule has 0 N–H and O–H groups in total. The lowest BCUT2D eigenvalue weighted by Gasteiger charge is -1.95. The first-order chi connectivity index (χ1) is 8.81. The Morgan fingerprint density at radius 2 is 1.50 bits per heavy atom. The predicted molar refractivity (Wildman–Crippen MR) is 73.2 cm³/mol. The molecule has 0 aliphatic rings. The molecule has 0 spiro atoms. The van der Waals surface area contributed by atoms with Crippen LogP contribution in [0.2, 0.25) is 0 Å². The van der Waals surface area contributed by atoms with Gasteiger partial charge in [0.15, 0.2) is 0 Å². The average Bonchev–Trinajstić information content (AvgIpc) is 2.39. The normalized spacial score (nSPS) is 11.6. The molecule has 0 saturated heterocycles. The zero-order valence-electron chi connectivity index (χ0n) is 11.0. The Bertz CT molecular complexity index is 301. The van der Waals surface area contributed by atoms with Crippen LogP contribution in [0, 0.1) is 0 Å². The monoisotopic (exact) mass is 250 g/mol. The van der Waals surface area contributed by atoms with Gasteiger partial charge in [0.05, 0.1) is 7.11 Å². The van der Waals surface area contributed by atoms with Crippen molar-refractivity contribution in [3.63, 3.8) is 0 Å². The number of rotatable bonds is 10. The molecule has 18 heavy (non-hydrogen) atoms. The van der Waals surface area contributed by atoms with E-state index in [-0.39, 0.29) is 5.97 Å². The van der Waals surface area contributed by atoms with Crippen LogP contribution in [-0.2, 0) is 14.3 Å². The Kier molecular flexibility index (Phi) is 12.2. The van der Waals surface area contributed by atoms with Crippen molar-refractivity contribution in [1.29, 1.82) is 0 Å². The first-order valence-corrected chi connectivity index (χ1v) is 6.26. The molecule has 0 atom stereocenters. The first-order valence-electron chi connectivity index (χ1n) is 6.26. The van der Waals surface area contributed by atoms with Crippen LogP contribution >= 0.6 is 0 Å². The number of carbonyl (C=O) groups is 2. The van der Waals surface area contributed by atoms with Crippen LogP contribution in [0.3, 0.4) is 0 Å². The minimum absolute atomic E-state index is 0.148. The smallest absolute Gasteiger partial charge is 0.305 e. The van der Waals surface area contributed by atoms with E-state index < -0.39 is 0 Å². The minimum Gasteiger partial charge on any atom is -0.469 e. The molecule has 0 aromatic rings. The highest BCUT2D eigenvalue weighted by molar-refractivity contribution is 5.69. The van der Waals surface area contributed by atoms with Crippen molar-refractivity contribution in [3.8, 4) is 0 Å². The largest absolute Gasteiger partial charge is 0.469 e. The summed E-state index contributed by atoms with van der Waals surface area (Å²) in [7, 11) is 1.41. The van der Waals surface area contributed by atoms with Gasteiger partial charge in [-0.3, -0.25) is 4.79 Å². The number of hydrogen-bond acceptors (Lipinski definition) is 3. The molecule has 100 valence electrons. The van der Waals surface area contributed by atoms with Crippen molar-refractivity contribution in [1.82, 2.24) is 0 Å². The lowest BCUT2D eigenvalue weighted by Crippen LogP contribution is -1.98. The van der Waals surface area contributed by atoms with Gasteiger partial charge in [-0.15, -0.1) is 0 Å². The Morgan fingerprint density at radius 3 is 2.06 bits per heavy atom. The van der Waals surface area contributed by atoms with Gasteiger partial charge < -0.3 is 9.53 Å². The van der Waals surface area contributed by atoms with E-state index in [0.29, 0.717) is 12.8 Å². The van der Waals surface area contributed by atoms with E-state index in [1.807, 2.05) is 12.2 Å². The Hall–Kier alpha value is -1.64. The molecular formula is C15H22O3. The van der Waals surface area contributed by atoms with Gasteiger partial charge in [0, 0.05) is 12.8 Å². The van der Waals surface area contributed by atoms with Crippen LogP contribution in [0.15, 0.2) is 36.5 Å². The van der Waals surface area contributed by atoms with Crippen molar-refractivity contribution in [2.45, 2.75) is 38.5 Å². The minimum atomic E-state index is -0.148. The number of aldehydes is 1. The molecule has 0 saturated carbocycles. The maximum absolute atomic E-state index is 10.8. The van der Waals surface area contributed by atoms with E-state index in [2.05, 4.69) is 29.0 Å². The Morgan fingerprint density at radius 1 is 0.944 bits per heavy atom. The molecule has 0 heterocycles. The van der Waals surface area contributed by atoms with Crippen LogP contribution in [0.4, 0.5) is 0 Å². The van der Waals surface area contributed by atoms with E-state index in [0.717, 1.165) is 32.0 Å². The van der Waals surface area contributed by atoms with Gasteiger partial charge in [0.25, 0.3) is 0 Å². The number of unbranched alkanes of at least 4 members (excludes halogenated alkanes) is 1. The second-order valence-corrected chi connectivity index (χ2v) is 3.76. The average molecular weight is 250 g/mol. The number of carbonyl (C=O) groups excluding carboxylic acids is 2. The van der Waals surface area contributed by atoms with Crippen molar-refractivity contribution in [3.05, 3.63) is 36.5 Å². The molecule has 0 aromatic carbocycles. The second kappa shape index (κ2) is 13.4. The van der Waals surface area contributed by atoms with Crippen LogP contribution in [-0.4, -0.2) is 19.4 Å².